The van der Waals surface area contributed by atoms with E-state index in [0.29, 0.717) is 30.6 Å². The van der Waals surface area contributed by atoms with Gasteiger partial charge in [-0.05, 0) is 37.7 Å². The van der Waals surface area contributed by atoms with Gasteiger partial charge >= 0.3 is 0 Å². The Labute approximate surface area is 142 Å². The van der Waals surface area contributed by atoms with Gasteiger partial charge in [-0.15, -0.1) is 0 Å². The first-order valence-corrected chi connectivity index (χ1v) is 8.55. The zero-order chi connectivity index (χ0) is 17.3. The molecule has 0 aromatic heterocycles. The molecule has 0 atom stereocenters. The van der Waals surface area contributed by atoms with Gasteiger partial charge in [0.2, 0.25) is 5.91 Å². The van der Waals surface area contributed by atoms with Crippen LogP contribution in [0.4, 0.5) is 0 Å². The Balaban J connectivity index is 1.70. The number of ketones is 1. The van der Waals surface area contributed by atoms with Gasteiger partial charge in [-0.1, -0.05) is 18.2 Å². The molecule has 3 rings (SSSR count). The van der Waals surface area contributed by atoms with E-state index in [1.54, 1.807) is 24.3 Å². The first-order valence-electron chi connectivity index (χ1n) is 8.55. The number of likely N-dealkylation sites (tertiary alicyclic amines) is 2. The fourth-order valence-electron chi connectivity index (χ4n) is 3.97. The van der Waals surface area contributed by atoms with Crippen molar-refractivity contribution in [2.24, 2.45) is 5.41 Å². The van der Waals surface area contributed by atoms with Crippen LogP contribution < -0.4 is 0 Å². The van der Waals surface area contributed by atoms with Crippen LogP contribution in [0.3, 0.4) is 0 Å². The standard InChI is InChI=1S/C19H24N2O3/c1-14(22)15-5-3-4-6-16(15)18(24)21-11-9-19(10-12-21)8-7-17(23)20(2)13-19/h3-6H,7-13H2,1-2H3. The molecule has 2 saturated heterocycles. The number of rotatable bonds is 2. The van der Waals surface area contributed by atoms with Gasteiger partial charge in [-0.25, -0.2) is 0 Å². The second kappa shape index (κ2) is 6.38. The molecule has 1 aromatic rings. The van der Waals surface area contributed by atoms with E-state index in [1.807, 2.05) is 16.8 Å². The molecule has 5 heteroatoms. The molecule has 2 amide bonds. The van der Waals surface area contributed by atoms with Crippen LogP contribution in [0.2, 0.25) is 0 Å². The number of Topliss-reactive ketones (excluding diaryl/α,β-unsaturated/α-hetero) is 1. The van der Waals surface area contributed by atoms with E-state index in [9.17, 15) is 14.4 Å². The van der Waals surface area contributed by atoms with E-state index in [2.05, 4.69) is 0 Å². The lowest BCUT2D eigenvalue weighted by atomic mass is 9.72. The van der Waals surface area contributed by atoms with Gasteiger partial charge < -0.3 is 9.80 Å². The Bertz CT molecular complexity index is 675. The second-order valence-electron chi connectivity index (χ2n) is 7.14. The van der Waals surface area contributed by atoms with Crippen molar-refractivity contribution in [1.29, 1.82) is 0 Å². The number of hydrogen-bond donors (Lipinski definition) is 0. The quantitative estimate of drug-likeness (QED) is 0.783. The molecule has 128 valence electrons. The highest BCUT2D eigenvalue weighted by Crippen LogP contribution is 2.40. The summed E-state index contributed by atoms with van der Waals surface area (Å²) in [7, 11) is 1.86. The van der Waals surface area contributed by atoms with Crippen molar-refractivity contribution in [2.75, 3.05) is 26.7 Å². The van der Waals surface area contributed by atoms with E-state index in [4.69, 9.17) is 0 Å². The van der Waals surface area contributed by atoms with Crippen molar-refractivity contribution >= 4 is 17.6 Å². The summed E-state index contributed by atoms with van der Waals surface area (Å²) in [6.07, 6.45) is 3.36. The van der Waals surface area contributed by atoms with Crippen molar-refractivity contribution in [3.05, 3.63) is 35.4 Å². The number of amides is 2. The average molecular weight is 328 g/mol. The van der Waals surface area contributed by atoms with Gasteiger partial charge in [0, 0.05) is 38.7 Å². The van der Waals surface area contributed by atoms with E-state index in [0.717, 1.165) is 25.8 Å². The monoisotopic (exact) mass is 328 g/mol. The molecular formula is C19H24N2O3. The zero-order valence-corrected chi connectivity index (χ0v) is 14.4. The summed E-state index contributed by atoms with van der Waals surface area (Å²) in [5, 5.41) is 0. The smallest absolute Gasteiger partial charge is 0.254 e. The van der Waals surface area contributed by atoms with Crippen LogP contribution in [0.25, 0.3) is 0 Å². The Morgan fingerprint density at radius 1 is 1.04 bits per heavy atom. The minimum atomic E-state index is -0.0835. The molecule has 1 aromatic carbocycles. The molecule has 0 saturated carbocycles. The summed E-state index contributed by atoms with van der Waals surface area (Å²) in [6.45, 7) is 3.66. The van der Waals surface area contributed by atoms with Crippen molar-refractivity contribution in [2.45, 2.75) is 32.6 Å². The molecule has 2 aliphatic heterocycles. The van der Waals surface area contributed by atoms with Crippen LogP contribution in [0.15, 0.2) is 24.3 Å². The van der Waals surface area contributed by atoms with Crippen LogP contribution in [-0.4, -0.2) is 54.1 Å². The lowest BCUT2D eigenvalue weighted by Crippen LogP contribution is -2.51. The summed E-state index contributed by atoms with van der Waals surface area (Å²) in [4.78, 5) is 40.0. The average Bonchev–Trinajstić information content (AvgIpc) is 2.59. The fourth-order valence-corrected chi connectivity index (χ4v) is 3.97. The minimum absolute atomic E-state index is 0.0594. The van der Waals surface area contributed by atoms with Crippen LogP contribution in [-0.2, 0) is 4.79 Å². The molecular weight excluding hydrogens is 304 g/mol. The summed E-state index contributed by atoms with van der Waals surface area (Å²) in [6, 6.07) is 7.03. The number of benzene rings is 1. The second-order valence-corrected chi connectivity index (χ2v) is 7.14. The lowest BCUT2D eigenvalue weighted by molar-refractivity contribution is -0.137. The van der Waals surface area contributed by atoms with Crippen molar-refractivity contribution in [3.8, 4) is 0 Å². The SMILES string of the molecule is CC(=O)c1ccccc1C(=O)N1CCC2(CCC(=O)N(C)C2)CC1. The molecule has 2 fully saturated rings. The number of hydrogen-bond acceptors (Lipinski definition) is 3. The molecule has 2 aliphatic rings. The topological polar surface area (TPSA) is 57.7 Å². The Kier molecular flexibility index (Phi) is 4.43. The Hall–Kier alpha value is -2.17. The lowest BCUT2D eigenvalue weighted by Gasteiger charge is -2.46. The Morgan fingerprint density at radius 3 is 2.25 bits per heavy atom. The predicted molar refractivity (Wildman–Crippen MR) is 90.9 cm³/mol. The summed E-state index contributed by atoms with van der Waals surface area (Å²) < 4.78 is 0. The van der Waals surface area contributed by atoms with Crippen LogP contribution in [0.1, 0.15) is 53.3 Å². The van der Waals surface area contributed by atoms with Gasteiger partial charge in [0.05, 0.1) is 5.56 Å². The zero-order valence-electron chi connectivity index (χ0n) is 14.4. The highest BCUT2D eigenvalue weighted by molar-refractivity contribution is 6.07. The maximum atomic E-state index is 12.8. The minimum Gasteiger partial charge on any atom is -0.345 e. The van der Waals surface area contributed by atoms with E-state index < -0.39 is 0 Å². The molecule has 5 nitrogen and oxygen atoms in total. The summed E-state index contributed by atoms with van der Waals surface area (Å²) in [5.74, 6) is 0.0743. The molecule has 0 aliphatic carbocycles. The number of carbonyl (C=O) groups excluding carboxylic acids is 3. The number of nitrogens with zero attached hydrogens (tertiary/aromatic N) is 2. The molecule has 2 heterocycles. The van der Waals surface area contributed by atoms with Gasteiger partial charge in [0.15, 0.2) is 5.78 Å². The van der Waals surface area contributed by atoms with Crippen LogP contribution >= 0.6 is 0 Å². The van der Waals surface area contributed by atoms with Crippen molar-refractivity contribution in [1.82, 2.24) is 9.80 Å². The first kappa shape index (κ1) is 16.7. The summed E-state index contributed by atoms with van der Waals surface area (Å²) in [5.41, 5.74) is 1.14. The number of carbonyl (C=O) groups is 3. The fraction of sp³-hybridized carbons (Fsp3) is 0.526. The highest BCUT2D eigenvalue weighted by atomic mass is 16.2. The van der Waals surface area contributed by atoms with Crippen LogP contribution in [0.5, 0.6) is 0 Å². The normalized spacial score (nSPS) is 20.3. The van der Waals surface area contributed by atoms with E-state index in [1.165, 1.54) is 6.92 Å². The molecule has 0 bridgehead atoms. The third-order valence-electron chi connectivity index (χ3n) is 5.52. The Morgan fingerprint density at radius 2 is 1.67 bits per heavy atom. The maximum absolute atomic E-state index is 12.8. The van der Waals surface area contributed by atoms with Gasteiger partial charge in [-0.3, -0.25) is 14.4 Å². The first-order chi connectivity index (χ1) is 11.4. The van der Waals surface area contributed by atoms with Crippen LogP contribution in [0, 0.1) is 5.41 Å². The molecule has 24 heavy (non-hydrogen) atoms. The third-order valence-corrected chi connectivity index (χ3v) is 5.52. The molecule has 0 N–H and O–H groups in total. The number of piperidine rings is 2. The van der Waals surface area contributed by atoms with Crippen molar-refractivity contribution < 1.29 is 14.4 Å². The largest absolute Gasteiger partial charge is 0.345 e. The highest BCUT2D eigenvalue weighted by Gasteiger charge is 2.40. The molecule has 0 radical (unpaired) electrons. The van der Waals surface area contributed by atoms with Gasteiger partial charge in [0.1, 0.15) is 0 Å². The van der Waals surface area contributed by atoms with E-state index in [-0.39, 0.29) is 23.0 Å². The molecule has 1 spiro atoms. The van der Waals surface area contributed by atoms with Crippen molar-refractivity contribution in [3.63, 3.8) is 0 Å². The summed E-state index contributed by atoms with van der Waals surface area (Å²) >= 11 is 0. The third kappa shape index (κ3) is 3.07. The van der Waals surface area contributed by atoms with Gasteiger partial charge in [0.25, 0.3) is 5.91 Å². The predicted octanol–water partition coefficient (Wildman–Crippen LogP) is 2.36. The maximum Gasteiger partial charge on any atom is 0.254 e. The van der Waals surface area contributed by atoms with Gasteiger partial charge in [-0.2, -0.15) is 0 Å². The van der Waals surface area contributed by atoms with E-state index >= 15 is 0 Å². The molecule has 0 unspecified atom stereocenters.